The number of ether oxygens (including phenoxy) is 1. The molecule has 1 aliphatic rings. The topological polar surface area (TPSA) is 105 Å². The van der Waals surface area contributed by atoms with Crippen molar-refractivity contribution >= 4 is 18.0 Å². The third-order valence-corrected chi connectivity index (χ3v) is 5.83. The van der Waals surface area contributed by atoms with E-state index in [2.05, 4.69) is 22.8 Å². The molecule has 170 valence electrons. The molecule has 32 heavy (non-hydrogen) atoms. The molecule has 3 rings (SSSR count). The van der Waals surface area contributed by atoms with Crippen LogP contribution in [0.25, 0.3) is 11.1 Å². The Morgan fingerprint density at radius 3 is 2.03 bits per heavy atom. The van der Waals surface area contributed by atoms with Gasteiger partial charge in [-0.3, -0.25) is 9.59 Å². The van der Waals surface area contributed by atoms with Crippen LogP contribution in [0, 0.1) is 5.92 Å². The van der Waals surface area contributed by atoms with Crippen LogP contribution in [0.2, 0.25) is 0 Å². The molecule has 3 N–H and O–H groups in total. The minimum absolute atomic E-state index is 0.0699. The largest absolute Gasteiger partial charge is 0.481 e. The number of nitrogens with one attached hydrogen (secondary N) is 2. The summed E-state index contributed by atoms with van der Waals surface area (Å²) in [6, 6.07) is 14.8. The van der Waals surface area contributed by atoms with Gasteiger partial charge in [0.15, 0.2) is 0 Å². The Labute approximate surface area is 188 Å². The Balaban J connectivity index is 1.64. The Bertz CT molecular complexity index is 942. The summed E-state index contributed by atoms with van der Waals surface area (Å²) in [4.78, 5) is 36.2. The smallest absolute Gasteiger partial charge is 0.407 e. The average molecular weight is 439 g/mol. The summed E-state index contributed by atoms with van der Waals surface area (Å²) in [5.41, 5.74) is 4.50. The van der Waals surface area contributed by atoms with Gasteiger partial charge in [0.2, 0.25) is 5.91 Å². The number of hydrogen-bond acceptors (Lipinski definition) is 4. The molecule has 2 amide bonds. The van der Waals surface area contributed by atoms with Crippen LogP contribution in [-0.2, 0) is 14.3 Å². The molecule has 0 aromatic heterocycles. The van der Waals surface area contributed by atoms with Crippen molar-refractivity contribution in [1.82, 2.24) is 10.6 Å². The number of carbonyl (C=O) groups is 3. The quantitative estimate of drug-likeness (QED) is 0.550. The second kappa shape index (κ2) is 10.3. The van der Waals surface area contributed by atoms with E-state index in [1.165, 1.54) is 0 Å². The number of carboxylic acid groups (broad SMARTS) is 1. The number of carbonyl (C=O) groups excluding carboxylic acids is 2. The molecule has 0 fully saturated rings. The number of hydrogen-bond donors (Lipinski definition) is 3. The third kappa shape index (κ3) is 5.28. The minimum atomic E-state index is -0.984. The van der Waals surface area contributed by atoms with E-state index in [-0.39, 0.29) is 24.9 Å². The number of benzene rings is 2. The fourth-order valence-corrected chi connectivity index (χ4v) is 4.10. The summed E-state index contributed by atoms with van der Waals surface area (Å²) in [7, 11) is 0. The predicted octanol–water partition coefficient (Wildman–Crippen LogP) is 3.92. The standard InChI is InChI=1S/C25H30N2O5/c1-4-16(13-22(28)29)26-24(30)23(15(2)3)27-25(31)32-14-21-19-11-7-5-9-17(19)18-10-6-8-12-20(18)21/h5-12,15-16,21,23H,4,13-14H2,1-3H3,(H,26,30)(H,27,31)(H,28,29). The number of amides is 2. The normalized spacial score (nSPS) is 14.2. The molecule has 0 saturated carbocycles. The highest BCUT2D eigenvalue weighted by Gasteiger charge is 2.31. The molecule has 2 atom stereocenters. The van der Waals surface area contributed by atoms with Crippen molar-refractivity contribution in [2.45, 2.75) is 51.6 Å². The van der Waals surface area contributed by atoms with Crippen molar-refractivity contribution < 1.29 is 24.2 Å². The summed E-state index contributed by atoms with van der Waals surface area (Å²) in [6.07, 6.45) is -0.363. The molecule has 0 aliphatic heterocycles. The van der Waals surface area contributed by atoms with Crippen molar-refractivity contribution in [1.29, 1.82) is 0 Å². The van der Waals surface area contributed by atoms with E-state index in [4.69, 9.17) is 9.84 Å². The zero-order valence-electron chi connectivity index (χ0n) is 18.6. The van der Waals surface area contributed by atoms with Crippen LogP contribution in [0.3, 0.4) is 0 Å². The molecule has 2 aromatic carbocycles. The fourth-order valence-electron chi connectivity index (χ4n) is 4.10. The monoisotopic (exact) mass is 438 g/mol. The predicted molar refractivity (Wildman–Crippen MR) is 121 cm³/mol. The zero-order chi connectivity index (χ0) is 23.3. The average Bonchev–Trinajstić information content (AvgIpc) is 3.08. The van der Waals surface area contributed by atoms with Gasteiger partial charge in [0.25, 0.3) is 0 Å². The van der Waals surface area contributed by atoms with Crippen molar-refractivity contribution in [2.24, 2.45) is 5.92 Å². The molecule has 0 radical (unpaired) electrons. The van der Waals surface area contributed by atoms with E-state index >= 15 is 0 Å². The second-order valence-corrected chi connectivity index (χ2v) is 8.40. The summed E-state index contributed by atoms with van der Waals surface area (Å²) >= 11 is 0. The molecule has 2 unspecified atom stereocenters. The van der Waals surface area contributed by atoms with E-state index in [9.17, 15) is 14.4 Å². The maximum atomic E-state index is 12.7. The van der Waals surface area contributed by atoms with Gasteiger partial charge in [-0.15, -0.1) is 0 Å². The zero-order valence-corrected chi connectivity index (χ0v) is 18.6. The van der Waals surface area contributed by atoms with Gasteiger partial charge in [-0.2, -0.15) is 0 Å². The highest BCUT2D eigenvalue weighted by molar-refractivity contribution is 5.86. The van der Waals surface area contributed by atoms with E-state index in [1.54, 1.807) is 6.92 Å². The van der Waals surface area contributed by atoms with E-state index in [0.717, 1.165) is 22.3 Å². The van der Waals surface area contributed by atoms with Gasteiger partial charge >= 0.3 is 12.1 Å². The van der Waals surface area contributed by atoms with Gasteiger partial charge in [0, 0.05) is 12.0 Å². The van der Waals surface area contributed by atoms with E-state index in [1.807, 2.05) is 50.2 Å². The van der Waals surface area contributed by atoms with Crippen LogP contribution in [0.15, 0.2) is 48.5 Å². The maximum Gasteiger partial charge on any atom is 0.407 e. The molecule has 0 saturated heterocycles. The van der Waals surface area contributed by atoms with Gasteiger partial charge in [0.05, 0.1) is 6.42 Å². The molecule has 0 spiro atoms. The Morgan fingerprint density at radius 1 is 0.969 bits per heavy atom. The van der Waals surface area contributed by atoms with E-state index in [0.29, 0.717) is 6.42 Å². The molecule has 0 heterocycles. The SMILES string of the molecule is CCC(CC(=O)O)NC(=O)C(NC(=O)OCC1c2ccccc2-c2ccccc21)C(C)C. The van der Waals surface area contributed by atoms with Crippen molar-refractivity contribution in [2.75, 3.05) is 6.61 Å². The first-order chi connectivity index (χ1) is 15.3. The molecule has 1 aliphatic carbocycles. The Kier molecular flexibility index (Phi) is 7.51. The minimum Gasteiger partial charge on any atom is -0.481 e. The number of fused-ring (bicyclic) bond motifs is 3. The first-order valence-electron chi connectivity index (χ1n) is 11.0. The van der Waals surface area contributed by atoms with E-state index < -0.39 is 30.1 Å². The number of aliphatic carboxylic acids is 1. The molecule has 7 nitrogen and oxygen atoms in total. The van der Waals surface area contributed by atoms with Crippen LogP contribution in [0.4, 0.5) is 4.79 Å². The van der Waals surface area contributed by atoms with Crippen molar-refractivity contribution in [3.63, 3.8) is 0 Å². The van der Waals surface area contributed by atoms with Crippen LogP contribution in [0.5, 0.6) is 0 Å². The lowest BCUT2D eigenvalue weighted by molar-refractivity contribution is -0.137. The number of alkyl carbamates (subject to hydrolysis) is 1. The van der Waals surface area contributed by atoms with Gasteiger partial charge < -0.3 is 20.5 Å². The number of rotatable bonds is 9. The summed E-state index contributed by atoms with van der Waals surface area (Å²) in [6.45, 7) is 5.58. The molecular formula is C25H30N2O5. The van der Waals surface area contributed by atoms with Gasteiger partial charge in [-0.25, -0.2) is 4.79 Å². The van der Waals surface area contributed by atoms with Crippen LogP contribution < -0.4 is 10.6 Å². The molecule has 2 aromatic rings. The van der Waals surface area contributed by atoms with Gasteiger partial charge in [-0.1, -0.05) is 69.3 Å². The summed E-state index contributed by atoms with van der Waals surface area (Å²) < 4.78 is 5.54. The summed E-state index contributed by atoms with van der Waals surface area (Å²) in [5.74, 6) is -1.67. The van der Waals surface area contributed by atoms with Gasteiger partial charge in [-0.05, 0) is 34.6 Å². The summed E-state index contributed by atoms with van der Waals surface area (Å²) in [5, 5.41) is 14.4. The first-order valence-corrected chi connectivity index (χ1v) is 11.0. The van der Waals surface area contributed by atoms with Crippen molar-refractivity contribution in [3.8, 4) is 11.1 Å². The highest BCUT2D eigenvalue weighted by atomic mass is 16.5. The molecule has 7 heteroatoms. The third-order valence-electron chi connectivity index (χ3n) is 5.83. The van der Waals surface area contributed by atoms with Crippen molar-refractivity contribution in [3.05, 3.63) is 59.7 Å². The lowest BCUT2D eigenvalue weighted by Crippen LogP contribution is -2.52. The lowest BCUT2D eigenvalue weighted by Gasteiger charge is -2.24. The Hall–Kier alpha value is -3.35. The Morgan fingerprint density at radius 2 is 1.53 bits per heavy atom. The second-order valence-electron chi connectivity index (χ2n) is 8.40. The van der Waals surface area contributed by atoms with Crippen LogP contribution in [0.1, 0.15) is 50.7 Å². The lowest BCUT2D eigenvalue weighted by atomic mass is 9.98. The van der Waals surface area contributed by atoms with Crippen LogP contribution in [-0.4, -0.2) is 41.8 Å². The highest BCUT2D eigenvalue weighted by Crippen LogP contribution is 2.44. The molecular weight excluding hydrogens is 408 g/mol. The molecule has 0 bridgehead atoms. The number of carboxylic acids is 1. The van der Waals surface area contributed by atoms with Gasteiger partial charge in [0.1, 0.15) is 12.6 Å². The fraction of sp³-hybridized carbons (Fsp3) is 0.400. The maximum absolute atomic E-state index is 12.7. The van der Waals surface area contributed by atoms with Crippen LogP contribution >= 0.6 is 0 Å². The first kappa shape index (κ1) is 23.3.